The quantitative estimate of drug-likeness (QED) is 0.274. The van der Waals surface area contributed by atoms with E-state index in [1.807, 2.05) is 18.2 Å². The van der Waals surface area contributed by atoms with Crippen LogP contribution in [0.2, 0.25) is 0 Å². The summed E-state index contributed by atoms with van der Waals surface area (Å²) in [5.41, 5.74) is 5.27. The Kier molecular flexibility index (Phi) is 8.32. The molecule has 4 aromatic carbocycles. The molecule has 0 aliphatic heterocycles. The average Bonchev–Trinajstić information content (AvgIpc) is 2.88. The molecule has 0 saturated heterocycles. The molecule has 4 rings (SSSR count). The van der Waals surface area contributed by atoms with Gasteiger partial charge < -0.3 is 10.1 Å². The van der Waals surface area contributed by atoms with Gasteiger partial charge in [0, 0.05) is 12.0 Å². The largest absolute Gasteiger partial charge is 0.489 e. The van der Waals surface area contributed by atoms with Crippen LogP contribution in [0.1, 0.15) is 41.5 Å². The molecule has 0 aromatic heterocycles. The lowest BCUT2D eigenvalue weighted by molar-refractivity contribution is 0.306. The van der Waals surface area contributed by atoms with Crippen LogP contribution >= 0.6 is 0 Å². The van der Waals surface area contributed by atoms with E-state index in [-0.39, 0.29) is 0 Å². The van der Waals surface area contributed by atoms with Gasteiger partial charge in [-0.25, -0.2) is 0 Å². The molecular formula is C31H33NO. The molecule has 0 fully saturated rings. The van der Waals surface area contributed by atoms with Gasteiger partial charge in [-0.1, -0.05) is 103 Å². The van der Waals surface area contributed by atoms with Gasteiger partial charge in [0.15, 0.2) is 0 Å². The van der Waals surface area contributed by atoms with Gasteiger partial charge in [-0.3, -0.25) is 0 Å². The van der Waals surface area contributed by atoms with Crippen LogP contribution in [0.25, 0.3) is 0 Å². The van der Waals surface area contributed by atoms with Crippen LogP contribution < -0.4 is 10.1 Å². The van der Waals surface area contributed by atoms with Crippen molar-refractivity contribution in [3.8, 4) is 5.75 Å². The molecule has 2 nitrogen and oxygen atoms in total. The van der Waals surface area contributed by atoms with Crippen LogP contribution in [0.15, 0.2) is 115 Å². The summed E-state index contributed by atoms with van der Waals surface area (Å²) in [5.74, 6) is 1.32. The predicted molar refractivity (Wildman–Crippen MR) is 138 cm³/mol. The highest BCUT2D eigenvalue weighted by molar-refractivity contribution is 5.32. The zero-order chi connectivity index (χ0) is 22.7. The van der Waals surface area contributed by atoms with Crippen molar-refractivity contribution in [2.45, 2.75) is 38.3 Å². The number of benzene rings is 4. The monoisotopic (exact) mass is 435 g/mol. The molecule has 168 valence electrons. The summed E-state index contributed by atoms with van der Waals surface area (Å²) < 4.78 is 5.91. The fourth-order valence-electron chi connectivity index (χ4n) is 4.26. The molecule has 0 amide bonds. The van der Waals surface area contributed by atoms with E-state index >= 15 is 0 Å². The SMILES string of the molecule is CC(Cc1ccc(OCc2ccccc2)cc1)NCCC(c1ccccc1)c1ccccc1. The van der Waals surface area contributed by atoms with Gasteiger partial charge >= 0.3 is 0 Å². The first-order valence-electron chi connectivity index (χ1n) is 11.9. The summed E-state index contributed by atoms with van der Waals surface area (Å²) in [5, 5.41) is 3.73. The highest BCUT2D eigenvalue weighted by atomic mass is 16.5. The predicted octanol–water partition coefficient (Wildman–Crippen LogP) is 7.01. The van der Waals surface area contributed by atoms with Gasteiger partial charge in [0.05, 0.1) is 0 Å². The Balaban J connectivity index is 1.26. The number of hydrogen-bond donors (Lipinski definition) is 1. The van der Waals surface area contributed by atoms with Crippen LogP contribution in [0, 0.1) is 0 Å². The van der Waals surface area contributed by atoms with Crippen molar-refractivity contribution in [3.05, 3.63) is 138 Å². The molecule has 0 bridgehead atoms. The van der Waals surface area contributed by atoms with Gasteiger partial charge in [0.25, 0.3) is 0 Å². The lowest BCUT2D eigenvalue weighted by atomic mass is 9.88. The summed E-state index contributed by atoms with van der Waals surface area (Å²) in [6.07, 6.45) is 2.07. The summed E-state index contributed by atoms with van der Waals surface area (Å²) in [4.78, 5) is 0. The van der Waals surface area contributed by atoms with E-state index in [0.29, 0.717) is 18.6 Å². The van der Waals surface area contributed by atoms with E-state index in [1.54, 1.807) is 0 Å². The van der Waals surface area contributed by atoms with Crippen molar-refractivity contribution in [2.24, 2.45) is 0 Å². The fourth-order valence-corrected chi connectivity index (χ4v) is 4.26. The van der Waals surface area contributed by atoms with E-state index in [9.17, 15) is 0 Å². The summed E-state index contributed by atoms with van der Waals surface area (Å²) >= 11 is 0. The average molecular weight is 436 g/mol. The molecule has 0 aliphatic rings. The van der Waals surface area contributed by atoms with Crippen molar-refractivity contribution >= 4 is 0 Å². The third kappa shape index (κ3) is 7.06. The molecule has 4 aromatic rings. The van der Waals surface area contributed by atoms with Crippen LogP contribution in [0.3, 0.4) is 0 Å². The smallest absolute Gasteiger partial charge is 0.119 e. The summed E-state index contributed by atoms with van der Waals surface area (Å²) in [6, 6.07) is 40.9. The molecule has 1 N–H and O–H groups in total. The number of ether oxygens (including phenoxy) is 1. The molecular weight excluding hydrogens is 402 g/mol. The second-order valence-corrected chi connectivity index (χ2v) is 8.64. The Bertz CT molecular complexity index is 1020. The first kappa shape index (κ1) is 22.8. The molecule has 0 saturated carbocycles. The molecule has 1 unspecified atom stereocenters. The normalized spacial score (nSPS) is 11.9. The first-order valence-corrected chi connectivity index (χ1v) is 11.9. The first-order chi connectivity index (χ1) is 16.3. The minimum absolute atomic E-state index is 0.410. The summed E-state index contributed by atoms with van der Waals surface area (Å²) in [7, 11) is 0. The standard InChI is InChI=1S/C31H33NO/c1-25(23-26-17-19-30(20-18-26)33-24-27-11-5-2-6-12-27)32-22-21-31(28-13-7-3-8-14-28)29-15-9-4-10-16-29/h2-20,25,31-32H,21-24H2,1H3. The van der Waals surface area contributed by atoms with Crippen molar-refractivity contribution in [1.29, 1.82) is 0 Å². The highest BCUT2D eigenvalue weighted by Gasteiger charge is 2.14. The van der Waals surface area contributed by atoms with Gasteiger partial charge in [0.2, 0.25) is 0 Å². The number of nitrogens with one attached hydrogen (secondary N) is 1. The molecule has 2 heteroatoms. The van der Waals surface area contributed by atoms with Crippen molar-refractivity contribution in [2.75, 3.05) is 6.54 Å². The van der Waals surface area contributed by atoms with E-state index in [4.69, 9.17) is 4.74 Å². The lowest BCUT2D eigenvalue weighted by Gasteiger charge is -2.20. The Labute approximate surface area is 198 Å². The van der Waals surface area contributed by atoms with Crippen LogP contribution in [0.4, 0.5) is 0 Å². The number of hydrogen-bond acceptors (Lipinski definition) is 2. The van der Waals surface area contributed by atoms with Gasteiger partial charge in [-0.15, -0.1) is 0 Å². The highest BCUT2D eigenvalue weighted by Crippen LogP contribution is 2.27. The number of rotatable bonds is 11. The van der Waals surface area contributed by atoms with Crippen molar-refractivity contribution < 1.29 is 4.74 Å². The molecule has 0 heterocycles. The van der Waals surface area contributed by atoms with Gasteiger partial charge in [0.1, 0.15) is 12.4 Å². The minimum atomic E-state index is 0.410. The van der Waals surface area contributed by atoms with E-state index in [2.05, 4.69) is 109 Å². The van der Waals surface area contributed by atoms with Crippen LogP contribution in [-0.2, 0) is 13.0 Å². The van der Waals surface area contributed by atoms with E-state index in [1.165, 1.54) is 22.3 Å². The van der Waals surface area contributed by atoms with Crippen LogP contribution in [-0.4, -0.2) is 12.6 Å². The Morgan fingerprint density at radius 3 is 1.76 bits per heavy atom. The van der Waals surface area contributed by atoms with Crippen LogP contribution in [0.5, 0.6) is 5.75 Å². The maximum atomic E-state index is 5.91. The zero-order valence-electron chi connectivity index (χ0n) is 19.4. The topological polar surface area (TPSA) is 21.3 Å². The second kappa shape index (κ2) is 12.0. The Morgan fingerprint density at radius 2 is 1.18 bits per heavy atom. The third-order valence-corrected chi connectivity index (χ3v) is 6.04. The fraction of sp³-hybridized carbons (Fsp3) is 0.226. The summed E-state index contributed by atoms with van der Waals surface area (Å²) in [6.45, 7) is 3.84. The van der Waals surface area contributed by atoms with Gasteiger partial charge in [-0.2, -0.15) is 0 Å². The second-order valence-electron chi connectivity index (χ2n) is 8.64. The van der Waals surface area contributed by atoms with Crippen molar-refractivity contribution in [1.82, 2.24) is 5.32 Å². The molecule has 1 atom stereocenters. The Morgan fingerprint density at radius 1 is 0.636 bits per heavy atom. The van der Waals surface area contributed by atoms with E-state index < -0.39 is 0 Å². The third-order valence-electron chi connectivity index (χ3n) is 6.04. The van der Waals surface area contributed by atoms with Crippen molar-refractivity contribution in [3.63, 3.8) is 0 Å². The van der Waals surface area contributed by atoms with E-state index in [0.717, 1.165) is 25.1 Å². The minimum Gasteiger partial charge on any atom is -0.489 e. The molecule has 0 spiro atoms. The molecule has 0 radical (unpaired) electrons. The maximum Gasteiger partial charge on any atom is 0.119 e. The van der Waals surface area contributed by atoms with Gasteiger partial charge in [-0.05, 0) is 60.7 Å². The maximum absolute atomic E-state index is 5.91. The molecule has 0 aliphatic carbocycles. The Hall–Kier alpha value is -3.36. The zero-order valence-corrected chi connectivity index (χ0v) is 19.4. The molecule has 33 heavy (non-hydrogen) atoms. The lowest BCUT2D eigenvalue weighted by Crippen LogP contribution is -2.30.